The number of hydrogen-bond donors (Lipinski definition) is 2. The quantitative estimate of drug-likeness (QED) is 0.843. The third kappa shape index (κ3) is 4.43. The Labute approximate surface area is 132 Å². The van der Waals surface area contributed by atoms with Gasteiger partial charge in [-0.15, -0.1) is 0 Å². The van der Waals surface area contributed by atoms with E-state index in [1.807, 2.05) is 13.0 Å². The summed E-state index contributed by atoms with van der Waals surface area (Å²) in [6.07, 6.45) is 0. The number of sulfonamides is 1. The zero-order valence-electron chi connectivity index (χ0n) is 12.1. The van der Waals surface area contributed by atoms with Crippen molar-refractivity contribution in [3.05, 3.63) is 53.8 Å². The lowest BCUT2D eigenvalue weighted by atomic mass is 10.2. The highest BCUT2D eigenvalue weighted by atomic mass is 32.2. The van der Waals surface area contributed by atoms with E-state index in [0.717, 1.165) is 23.8 Å². The van der Waals surface area contributed by atoms with Crippen molar-refractivity contribution in [1.82, 2.24) is 0 Å². The first-order chi connectivity index (χ1) is 10.8. The van der Waals surface area contributed by atoms with E-state index in [1.165, 1.54) is 0 Å². The van der Waals surface area contributed by atoms with Crippen LogP contribution in [0.4, 0.5) is 10.1 Å². The molecular weight excluding hydrogens is 325 g/mol. The summed E-state index contributed by atoms with van der Waals surface area (Å²) in [5.41, 5.74) is 1.23. The van der Waals surface area contributed by atoms with Gasteiger partial charge in [0.2, 0.25) is 0 Å². The van der Waals surface area contributed by atoms with Crippen molar-refractivity contribution in [2.24, 2.45) is 0 Å². The van der Waals surface area contributed by atoms with Gasteiger partial charge in [0.25, 0.3) is 10.0 Å². The fourth-order valence-corrected chi connectivity index (χ4v) is 2.89. The number of halogens is 1. The SMILES string of the molecule is Cc1cccc(NS(=O)(=O)c2ccc(OCC(=O)O)c(F)c2)c1. The minimum atomic E-state index is -3.96. The molecule has 0 saturated heterocycles. The third-order valence-corrected chi connectivity index (χ3v) is 4.21. The molecule has 2 N–H and O–H groups in total. The van der Waals surface area contributed by atoms with Crippen molar-refractivity contribution in [2.75, 3.05) is 11.3 Å². The molecule has 8 heteroatoms. The molecule has 0 amide bonds. The van der Waals surface area contributed by atoms with E-state index in [2.05, 4.69) is 4.72 Å². The summed E-state index contributed by atoms with van der Waals surface area (Å²) < 4.78 is 45.3. The zero-order valence-corrected chi connectivity index (χ0v) is 12.9. The molecule has 2 aromatic rings. The van der Waals surface area contributed by atoms with Gasteiger partial charge in [0, 0.05) is 5.69 Å². The van der Waals surface area contributed by atoms with Crippen LogP contribution in [0, 0.1) is 12.7 Å². The first-order valence-electron chi connectivity index (χ1n) is 6.51. The number of carboxylic acids is 1. The Morgan fingerprint density at radius 2 is 2.00 bits per heavy atom. The molecule has 122 valence electrons. The summed E-state index contributed by atoms with van der Waals surface area (Å²) in [5.74, 6) is -2.55. The topological polar surface area (TPSA) is 92.7 Å². The van der Waals surface area contributed by atoms with E-state index in [1.54, 1.807) is 18.2 Å². The molecule has 0 bridgehead atoms. The normalized spacial score (nSPS) is 11.0. The van der Waals surface area contributed by atoms with Gasteiger partial charge >= 0.3 is 5.97 Å². The van der Waals surface area contributed by atoms with Crippen LogP contribution in [0.25, 0.3) is 0 Å². The van der Waals surface area contributed by atoms with Crippen molar-refractivity contribution < 1.29 is 27.4 Å². The van der Waals surface area contributed by atoms with Crippen molar-refractivity contribution in [3.63, 3.8) is 0 Å². The largest absolute Gasteiger partial charge is 0.479 e. The molecule has 23 heavy (non-hydrogen) atoms. The molecule has 6 nitrogen and oxygen atoms in total. The van der Waals surface area contributed by atoms with Gasteiger partial charge in [-0.25, -0.2) is 17.6 Å². The summed E-state index contributed by atoms with van der Waals surface area (Å²) in [6, 6.07) is 9.70. The lowest BCUT2D eigenvalue weighted by Crippen LogP contribution is -2.14. The Balaban J connectivity index is 2.23. The molecule has 0 spiro atoms. The van der Waals surface area contributed by atoms with E-state index < -0.39 is 28.4 Å². The molecule has 0 heterocycles. The average molecular weight is 339 g/mol. The Morgan fingerprint density at radius 3 is 2.61 bits per heavy atom. The van der Waals surface area contributed by atoms with E-state index in [-0.39, 0.29) is 10.6 Å². The highest BCUT2D eigenvalue weighted by Gasteiger charge is 2.17. The van der Waals surface area contributed by atoms with Gasteiger partial charge < -0.3 is 9.84 Å². The molecule has 0 fully saturated rings. The lowest BCUT2D eigenvalue weighted by molar-refractivity contribution is -0.139. The third-order valence-electron chi connectivity index (χ3n) is 2.84. The highest BCUT2D eigenvalue weighted by Crippen LogP contribution is 2.23. The predicted molar refractivity (Wildman–Crippen MR) is 81.5 cm³/mol. The van der Waals surface area contributed by atoms with Crippen LogP contribution in [0.3, 0.4) is 0 Å². The molecule has 2 rings (SSSR count). The Morgan fingerprint density at radius 1 is 1.26 bits per heavy atom. The molecular formula is C15H14FNO5S. The van der Waals surface area contributed by atoms with Gasteiger partial charge in [-0.3, -0.25) is 4.72 Å². The van der Waals surface area contributed by atoms with Crippen LogP contribution < -0.4 is 9.46 Å². The van der Waals surface area contributed by atoms with Crippen LogP contribution in [0.5, 0.6) is 5.75 Å². The van der Waals surface area contributed by atoms with Gasteiger partial charge in [-0.1, -0.05) is 12.1 Å². The van der Waals surface area contributed by atoms with Gasteiger partial charge in [-0.05, 0) is 42.8 Å². The summed E-state index contributed by atoms with van der Waals surface area (Å²) in [5, 5.41) is 8.48. The molecule has 0 atom stereocenters. The van der Waals surface area contributed by atoms with Crippen molar-refractivity contribution >= 4 is 21.7 Å². The van der Waals surface area contributed by atoms with Gasteiger partial charge in [0.15, 0.2) is 18.2 Å². The second-order valence-electron chi connectivity index (χ2n) is 4.75. The minimum Gasteiger partial charge on any atom is -0.479 e. The van der Waals surface area contributed by atoms with Crippen LogP contribution in [0.2, 0.25) is 0 Å². The molecule has 0 aliphatic rings. The smallest absolute Gasteiger partial charge is 0.341 e. The lowest BCUT2D eigenvalue weighted by Gasteiger charge is -2.10. The summed E-state index contributed by atoms with van der Waals surface area (Å²) in [6.45, 7) is 1.09. The molecule has 0 aromatic heterocycles. The Bertz CT molecular complexity index is 836. The highest BCUT2D eigenvalue weighted by molar-refractivity contribution is 7.92. The maximum Gasteiger partial charge on any atom is 0.341 e. The van der Waals surface area contributed by atoms with Gasteiger partial charge in [0.1, 0.15) is 0 Å². The monoisotopic (exact) mass is 339 g/mol. The van der Waals surface area contributed by atoms with E-state index >= 15 is 0 Å². The van der Waals surface area contributed by atoms with Gasteiger partial charge in [-0.2, -0.15) is 0 Å². The number of ether oxygens (including phenoxy) is 1. The number of carboxylic acid groups (broad SMARTS) is 1. The van der Waals surface area contributed by atoms with Crippen LogP contribution in [-0.4, -0.2) is 26.1 Å². The number of carbonyl (C=O) groups is 1. The fraction of sp³-hybridized carbons (Fsp3) is 0.133. The zero-order chi connectivity index (χ0) is 17.0. The second-order valence-corrected chi connectivity index (χ2v) is 6.43. The number of benzene rings is 2. The maximum atomic E-state index is 13.8. The minimum absolute atomic E-state index is 0.292. The number of nitrogens with one attached hydrogen (secondary N) is 1. The number of hydrogen-bond acceptors (Lipinski definition) is 4. The van der Waals surface area contributed by atoms with Crippen LogP contribution >= 0.6 is 0 Å². The van der Waals surface area contributed by atoms with Crippen molar-refractivity contribution in [1.29, 1.82) is 0 Å². The first-order valence-corrected chi connectivity index (χ1v) is 8.00. The number of rotatable bonds is 6. The van der Waals surface area contributed by atoms with Gasteiger partial charge in [0.05, 0.1) is 4.90 Å². The average Bonchev–Trinajstić information content (AvgIpc) is 2.45. The molecule has 0 aliphatic heterocycles. The second kappa shape index (κ2) is 6.66. The standard InChI is InChI=1S/C15H14FNO5S/c1-10-3-2-4-11(7-10)17-23(20,21)12-5-6-14(13(16)8-12)22-9-15(18)19/h2-8,17H,9H2,1H3,(H,18,19). The molecule has 2 aromatic carbocycles. The first kappa shape index (κ1) is 16.8. The molecule has 0 saturated carbocycles. The predicted octanol–water partition coefficient (Wildman–Crippen LogP) is 2.40. The Kier molecular flexibility index (Phi) is 4.85. The van der Waals surface area contributed by atoms with Crippen LogP contribution in [-0.2, 0) is 14.8 Å². The summed E-state index contributed by atoms with van der Waals surface area (Å²) in [7, 11) is -3.96. The van der Waals surface area contributed by atoms with E-state index in [0.29, 0.717) is 5.69 Å². The molecule has 0 unspecified atom stereocenters. The number of aryl methyl sites for hydroxylation is 1. The summed E-state index contributed by atoms with van der Waals surface area (Å²) >= 11 is 0. The van der Waals surface area contributed by atoms with E-state index in [9.17, 15) is 17.6 Å². The molecule has 0 radical (unpaired) electrons. The fourth-order valence-electron chi connectivity index (χ4n) is 1.83. The van der Waals surface area contributed by atoms with Crippen LogP contribution in [0.1, 0.15) is 5.56 Å². The molecule has 0 aliphatic carbocycles. The van der Waals surface area contributed by atoms with Crippen molar-refractivity contribution in [2.45, 2.75) is 11.8 Å². The summed E-state index contributed by atoms with van der Waals surface area (Å²) in [4.78, 5) is 10.1. The van der Waals surface area contributed by atoms with Crippen molar-refractivity contribution in [3.8, 4) is 5.75 Å². The number of aliphatic carboxylic acids is 1. The Hall–Kier alpha value is -2.61. The number of anilines is 1. The maximum absolute atomic E-state index is 13.8. The van der Waals surface area contributed by atoms with Crippen LogP contribution in [0.15, 0.2) is 47.4 Å². The van der Waals surface area contributed by atoms with E-state index in [4.69, 9.17) is 9.84 Å².